The van der Waals surface area contributed by atoms with Crippen LogP contribution in [-0.2, 0) is 10.0 Å². The Hall–Kier alpha value is -1.40. The summed E-state index contributed by atoms with van der Waals surface area (Å²) in [5.41, 5.74) is 0.672. The van der Waals surface area contributed by atoms with Crippen LogP contribution in [0.25, 0.3) is 0 Å². The molecular weight excluding hydrogens is 352 g/mol. The van der Waals surface area contributed by atoms with Crippen LogP contribution in [0.15, 0.2) is 58.2 Å². The summed E-state index contributed by atoms with van der Waals surface area (Å²) in [5, 5.41) is 0. The molecule has 0 N–H and O–H groups in total. The van der Waals surface area contributed by atoms with Gasteiger partial charge in [-0.1, -0.05) is 31.5 Å². The summed E-state index contributed by atoms with van der Waals surface area (Å²) in [6, 6.07) is 10.7. The van der Waals surface area contributed by atoms with Crippen LogP contribution in [-0.4, -0.2) is 19.9 Å². The van der Waals surface area contributed by atoms with E-state index < -0.39 is 10.0 Å². The van der Waals surface area contributed by atoms with Gasteiger partial charge in [-0.2, -0.15) is 0 Å². The van der Waals surface area contributed by atoms with Crippen LogP contribution in [0, 0.1) is 0 Å². The highest BCUT2D eigenvalue weighted by Crippen LogP contribution is 2.25. The van der Waals surface area contributed by atoms with Crippen molar-refractivity contribution in [3.05, 3.63) is 53.3 Å². The summed E-state index contributed by atoms with van der Waals surface area (Å²) >= 11 is 3.27. The van der Waals surface area contributed by atoms with Crippen LogP contribution in [0.5, 0.6) is 0 Å². The zero-order chi connectivity index (χ0) is 15.3. The molecule has 2 aromatic rings. The van der Waals surface area contributed by atoms with Crippen molar-refractivity contribution in [3.8, 4) is 0 Å². The molecule has 0 aliphatic rings. The normalized spacial score (nSPS) is 11.3. The quantitative estimate of drug-likeness (QED) is 0.778. The zero-order valence-corrected chi connectivity index (χ0v) is 14.1. The molecule has 21 heavy (non-hydrogen) atoms. The van der Waals surface area contributed by atoms with Gasteiger partial charge in [-0.3, -0.25) is 9.29 Å². The third-order valence-electron chi connectivity index (χ3n) is 3.03. The molecule has 2 rings (SSSR count). The maximum atomic E-state index is 12.9. The fourth-order valence-electron chi connectivity index (χ4n) is 1.94. The summed E-state index contributed by atoms with van der Waals surface area (Å²) in [5.74, 6) is 0. The number of halogens is 1. The number of rotatable bonds is 6. The minimum Gasteiger partial charge on any atom is -0.266 e. The van der Waals surface area contributed by atoms with E-state index in [2.05, 4.69) is 20.9 Å². The molecule has 0 aliphatic carbocycles. The van der Waals surface area contributed by atoms with Gasteiger partial charge in [0.25, 0.3) is 10.0 Å². The summed E-state index contributed by atoms with van der Waals surface area (Å²) in [4.78, 5) is 4.15. The molecule has 0 bridgehead atoms. The van der Waals surface area contributed by atoms with E-state index in [0.29, 0.717) is 16.7 Å². The van der Waals surface area contributed by atoms with Gasteiger partial charge < -0.3 is 0 Å². The Labute approximate surface area is 134 Å². The highest BCUT2D eigenvalue weighted by Gasteiger charge is 2.24. The Morgan fingerprint density at radius 1 is 1.19 bits per heavy atom. The number of hydrogen-bond donors (Lipinski definition) is 0. The number of nitrogens with zero attached hydrogens (tertiary/aromatic N) is 2. The average molecular weight is 369 g/mol. The van der Waals surface area contributed by atoms with Crippen molar-refractivity contribution >= 4 is 31.6 Å². The first-order valence-electron chi connectivity index (χ1n) is 6.74. The topological polar surface area (TPSA) is 50.3 Å². The number of para-hydroxylation sites is 1. The van der Waals surface area contributed by atoms with Gasteiger partial charge in [0.15, 0.2) is 0 Å². The standard InChI is InChI=1S/C15H17BrN2O2S/c1-2-3-9-18(14-7-5-4-6-8-14)21(19,20)15-10-13(16)11-17-12-15/h4-8,10-12H,2-3,9H2,1H3. The predicted molar refractivity (Wildman–Crippen MR) is 87.8 cm³/mol. The maximum Gasteiger partial charge on any atom is 0.265 e. The van der Waals surface area contributed by atoms with E-state index >= 15 is 0 Å². The Kier molecular flexibility index (Phi) is 5.36. The van der Waals surface area contributed by atoms with Crippen LogP contribution in [0.2, 0.25) is 0 Å². The van der Waals surface area contributed by atoms with Gasteiger partial charge in [0.05, 0.1) is 5.69 Å². The smallest absolute Gasteiger partial charge is 0.265 e. The van der Waals surface area contributed by atoms with Gasteiger partial charge in [-0.15, -0.1) is 0 Å². The Bertz CT molecular complexity index is 690. The highest BCUT2D eigenvalue weighted by atomic mass is 79.9. The number of unbranched alkanes of at least 4 members (excludes halogenated alkanes) is 1. The second kappa shape index (κ2) is 7.04. The Morgan fingerprint density at radius 3 is 2.52 bits per heavy atom. The first-order chi connectivity index (χ1) is 10.1. The second-order valence-electron chi connectivity index (χ2n) is 4.61. The fraction of sp³-hybridized carbons (Fsp3) is 0.267. The van der Waals surface area contributed by atoms with E-state index in [1.54, 1.807) is 24.4 Å². The fourth-order valence-corrected chi connectivity index (χ4v) is 3.95. The number of anilines is 1. The van der Waals surface area contributed by atoms with Gasteiger partial charge in [0.1, 0.15) is 4.90 Å². The lowest BCUT2D eigenvalue weighted by atomic mass is 10.3. The van der Waals surface area contributed by atoms with Crippen molar-refractivity contribution in [1.29, 1.82) is 0 Å². The minimum absolute atomic E-state index is 0.192. The van der Waals surface area contributed by atoms with E-state index in [9.17, 15) is 8.42 Å². The predicted octanol–water partition coefficient (Wildman–Crippen LogP) is 3.84. The molecular formula is C15H17BrN2O2S. The molecule has 0 amide bonds. The molecule has 1 aromatic carbocycles. The molecule has 0 spiro atoms. The first-order valence-corrected chi connectivity index (χ1v) is 8.97. The van der Waals surface area contributed by atoms with Crippen molar-refractivity contribution < 1.29 is 8.42 Å². The molecule has 0 unspecified atom stereocenters. The van der Waals surface area contributed by atoms with Crippen molar-refractivity contribution in [2.75, 3.05) is 10.8 Å². The molecule has 112 valence electrons. The Balaban J connectivity index is 2.44. The minimum atomic E-state index is -3.61. The molecule has 1 aromatic heterocycles. The average Bonchev–Trinajstić information content (AvgIpc) is 2.48. The summed E-state index contributed by atoms with van der Waals surface area (Å²) < 4.78 is 27.8. The lowest BCUT2D eigenvalue weighted by Gasteiger charge is -2.24. The lowest BCUT2D eigenvalue weighted by Crippen LogP contribution is -2.32. The molecule has 0 fully saturated rings. The van der Waals surface area contributed by atoms with Crippen LogP contribution < -0.4 is 4.31 Å². The van der Waals surface area contributed by atoms with Crippen molar-refractivity contribution in [2.24, 2.45) is 0 Å². The van der Waals surface area contributed by atoms with Crippen molar-refractivity contribution in [2.45, 2.75) is 24.7 Å². The SMILES string of the molecule is CCCCN(c1ccccc1)S(=O)(=O)c1cncc(Br)c1. The van der Waals surface area contributed by atoms with Crippen LogP contribution in [0.3, 0.4) is 0 Å². The Morgan fingerprint density at radius 2 is 1.90 bits per heavy atom. The number of benzene rings is 1. The van der Waals surface area contributed by atoms with E-state index in [4.69, 9.17) is 0 Å². The molecule has 0 saturated carbocycles. The molecule has 0 aliphatic heterocycles. The third kappa shape index (κ3) is 3.83. The van der Waals surface area contributed by atoms with Crippen LogP contribution in [0.1, 0.15) is 19.8 Å². The molecule has 6 heteroatoms. The first kappa shape index (κ1) is 16.0. The van der Waals surface area contributed by atoms with E-state index in [1.165, 1.54) is 10.5 Å². The van der Waals surface area contributed by atoms with Crippen LogP contribution >= 0.6 is 15.9 Å². The number of pyridine rings is 1. The van der Waals surface area contributed by atoms with E-state index in [-0.39, 0.29) is 4.90 Å². The van der Waals surface area contributed by atoms with Gasteiger partial charge in [0, 0.05) is 23.4 Å². The largest absolute Gasteiger partial charge is 0.266 e. The van der Waals surface area contributed by atoms with Crippen molar-refractivity contribution in [3.63, 3.8) is 0 Å². The number of sulfonamides is 1. The molecule has 0 saturated heterocycles. The molecule has 0 radical (unpaired) electrons. The molecule has 1 heterocycles. The van der Waals surface area contributed by atoms with Crippen LogP contribution in [0.4, 0.5) is 5.69 Å². The maximum absolute atomic E-state index is 12.9. The second-order valence-corrected chi connectivity index (χ2v) is 7.38. The third-order valence-corrected chi connectivity index (χ3v) is 5.25. The van der Waals surface area contributed by atoms with Gasteiger partial charge in [-0.25, -0.2) is 8.42 Å². The van der Waals surface area contributed by atoms with Gasteiger partial charge >= 0.3 is 0 Å². The molecule has 4 nitrogen and oxygen atoms in total. The highest BCUT2D eigenvalue weighted by molar-refractivity contribution is 9.10. The molecule has 0 atom stereocenters. The summed E-state index contributed by atoms with van der Waals surface area (Å²) in [6.07, 6.45) is 4.67. The lowest BCUT2D eigenvalue weighted by molar-refractivity contribution is 0.588. The van der Waals surface area contributed by atoms with Gasteiger partial charge in [-0.05, 0) is 40.5 Å². The van der Waals surface area contributed by atoms with E-state index in [1.807, 2.05) is 25.1 Å². The zero-order valence-electron chi connectivity index (χ0n) is 11.7. The van der Waals surface area contributed by atoms with E-state index in [0.717, 1.165) is 12.8 Å². The number of aromatic nitrogens is 1. The van der Waals surface area contributed by atoms with Crippen molar-refractivity contribution in [1.82, 2.24) is 4.98 Å². The number of hydrogen-bond acceptors (Lipinski definition) is 3. The summed E-state index contributed by atoms with van der Waals surface area (Å²) in [7, 11) is -3.61. The monoisotopic (exact) mass is 368 g/mol. The summed E-state index contributed by atoms with van der Waals surface area (Å²) in [6.45, 7) is 2.49. The van der Waals surface area contributed by atoms with Gasteiger partial charge in [0.2, 0.25) is 0 Å².